The van der Waals surface area contributed by atoms with Crippen molar-refractivity contribution in [2.75, 3.05) is 19.0 Å². The molecule has 6 rings (SSSR count). The summed E-state index contributed by atoms with van der Waals surface area (Å²) in [6, 6.07) is 8.57. The molecule has 0 bridgehead atoms. The van der Waals surface area contributed by atoms with Gasteiger partial charge in [0.05, 0.1) is 30.0 Å². The normalized spacial score (nSPS) is 22.7. The van der Waals surface area contributed by atoms with Crippen molar-refractivity contribution in [1.82, 2.24) is 24.2 Å². The molecule has 18 heteroatoms. The first kappa shape index (κ1) is 44.1. The molecule has 2 aromatic carbocycles. The summed E-state index contributed by atoms with van der Waals surface area (Å²) in [5.74, 6) is -1.75. The van der Waals surface area contributed by atoms with Crippen LogP contribution in [-0.4, -0.2) is 97.6 Å². The van der Waals surface area contributed by atoms with Gasteiger partial charge < -0.3 is 19.7 Å². The van der Waals surface area contributed by atoms with Gasteiger partial charge in [0.25, 0.3) is 11.8 Å². The number of rotatable bonds is 13. The Labute approximate surface area is 351 Å². The number of likely N-dealkylation sites (tertiary alicyclic amines) is 1. The van der Waals surface area contributed by atoms with E-state index in [2.05, 4.69) is 26.3 Å². The molecule has 2 aliphatic carbocycles. The lowest BCUT2D eigenvalue weighted by atomic mass is 9.85. The van der Waals surface area contributed by atoms with Crippen LogP contribution in [0.3, 0.4) is 0 Å². The Kier molecular flexibility index (Phi) is 11.9. The summed E-state index contributed by atoms with van der Waals surface area (Å²) < 4.78 is 69.1. The van der Waals surface area contributed by atoms with Gasteiger partial charge >= 0.3 is 6.03 Å². The first-order valence-electron chi connectivity index (χ1n) is 19.4. The molecule has 15 nitrogen and oxygen atoms in total. The molecule has 320 valence electrons. The molecule has 0 spiro atoms. The first-order valence-corrected chi connectivity index (χ1v) is 22.9. The number of methoxy groups -OCH3 is 1. The minimum Gasteiger partial charge on any atom is -0.494 e. The Bertz CT molecular complexity index is 2380. The lowest BCUT2D eigenvalue weighted by Crippen LogP contribution is -2.64. The van der Waals surface area contributed by atoms with Crippen molar-refractivity contribution in [3.63, 3.8) is 0 Å². The molecule has 3 aromatic rings. The number of ether oxygens (including phenoxy) is 2. The SMILES string of the molecule is C=C[C@@H]1C[C@@]1(C(=O)NS(=O)(=O)C1CC1)N(C(=O)[C@@H](Nc1ccc(S(=O)(=O)NC(C)(C)C)cc1)C(C)(C)C)C(=O)N1C[C@H](Oc2ncc(OC)c3ccc(Cl)cc23)CC1C. The molecule has 3 fully saturated rings. The van der Waals surface area contributed by atoms with Crippen molar-refractivity contribution in [1.29, 1.82) is 0 Å². The second-order valence-corrected chi connectivity index (χ2v) is 21.8. The molecule has 59 heavy (non-hydrogen) atoms. The first-order chi connectivity index (χ1) is 27.4. The number of hydrogen-bond acceptors (Lipinski definition) is 11. The van der Waals surface area contributed by atoms with Crippen LogP contribution in [0.2, 0.25) is 5.02 Å². The van der Waals surface area contributed by atoms with Crippen LogP contribution in [0.5, 0.6) is 11.6 Å². The van der Waals surface area contributed by atoms with Crippen LogP contribution in [0, 0.1) is 11.3 Å². The maximum atomic E-state index is 15.2. The molecule has 1 aromatic heterocycles. The summed E-state index contributed by atoms with van der Waals surface area (Å²) in [6.45, 7) is 16.2. The predicted octanol–water partition coefficient (Wildman–Crippen LogP) is 5.84. The zero-order chi connectivity index (χ0) is 43.5. The summed E-state index contributed by atoms with van der Waals surface area (Å²) in [5.41, 5.74) is -3.18. The van der Waals surface area contributed by atoms with Crippen LogP contribution in [-0.2, 0) is 29.6 Å². The largest absolute Gasteiger partial charge is 0.494 e. The van der Waals surface area contributed by atoms with E-state index in [0.29, 0.717) is 41.1 Å². The number of sulfonamides is 2. The molecule has 3 aliphatic rings. The van der Waals surface area contributed by atoms with E-state index in [0.717, 1.165) is 10.3 Å². The smallest absolute Gasteiger partial charge is 0.328 e. The number of pyridine rings is 1. The summed E-state index contributed by atoms with van der Waals surface area (Å²) in [4.78, 5) is 51.5. The Morgan fingerprint density at radius 3 is 2.25 bits per heavy atom. The van der Waals surface area contributed by atoms with Gasteiger partial charge in [-0.05, 0) is 94.8 Å². The van der Waals surface area contributed by atoms with Crippen LogP contribution >= 0.6 is 11.6 Å². The number of halogens is 1. The summed E-state index contributed by atoms with van der Waals surface area (Å²) in [6.07, 6.45) is 3.46. The molecular formula is C41H53ClN6O9S2. The number of aromatic nitrogens is 1. The van der Waals surface area contributed by atoms with Gasteiger partial charge in [-0.15, -0.1) is 6.58 Å². The number of imide groups is 1. The van der Waals surface area contributed by atoms with Gasteiger partial charge in [0.15, 0.2) is 0 Å². The number of hydrogen-bond donors (Lipinski definition) is 3. The number of fused-ring (bicyclic) bond motifs is 1. The highest BCUT2D eigenvalue weighted by Crippen LogP contribution is 2.52. The van der Waals surface area contributed by atoms with Gasteiger partial charge in [0.1, 0.15) is 23.4 Å². The maximum Gasteiger partial charge on any atom is 0.328 e. The van der Waals surface area contributed by atoms with E-state index in [1.807, 2.05) is 0 Å². The molecule has 1 saturated heterocycles. The van der Waals surface area contributed by atoms with E-state index in [-0.39, 0.29) is 23.7 Å². The van der Waals surface area contributed by atoms with Gasteiger partial charge in [-0.25, -0.2) is 36.2 Å². The van der Waals surface area contributed by atoms with E-state index in [1.54, 1.807) is 66.7 Å². The zero-order valence-corrected chi connectivity index (χ0v) is 36.9. The summed E-state index contributed by atoms with van der Waals surface area (Å²) in [7, 11) is -6.42. The highest BCUT2D eigenvalue weighted by atomic mass is 35.5. The number of nitrogens with zero attached hydrogens (tertiary/aromatic N) is 3. The number of carbonyl (C=O) groups excluding carboxylic acids is 3. The van der Waals surface area contributed by atoms with Crippen LogP contribution in [0.1, 0.15) is 74.1 Å². The monoisotopic (exact) mass is 872 g/mol. The van der Waals surface area contributed by atoms with E-state index in [1.165, 1.54) is 48.5 Å². The average molecular weight is 873 g/mol. The van der Waals surface area contributed by atoms with Gasteiger partial charge in [-0.2, -0.15) is 0 Å². The molecule has 3 N–H and O–H groups in total. The Morgan fingerprint density at radius 1 is 1.03 bits per heavy atom. The molecule has 2 heterocycles. The molecule has 1 unspecified atom stereocenters. The van der Waals surface area contributed by atoms with Crippen molar-refractivity contribution < 1.29 is 40.7 Å². The van der Waals surface area contributed by atoms with Crippen LogP contribution in [0.15, 0.2) is 66.2 Å². The summed E-state index contributed by atoms with van der Waals surface area (Å²) >= 11 is 6.34. The van der Waals surface area contributed by atoms with Crippen molar-refractivity contribution in [2.24, 2.45) is 11.3 Å². The van der Waals surface area contributed by atoms with E-state index >= 15 is 9.59 Å². The number of benzene rings is 2. The fourth-order valence-electron chi connectivity index (χ4n) is 7.49. The third-order valence-electron chi connectivity index (χ3n) is 10.8. The lowest BCUT2D eigenvalue weighted by molar-refractivity contribution is -0.141. The third kappa shape index (κ3) is 9.17. The van der Waals surface area contributed by atoms with Gasteiger partial charge in [-0.3, -0.25) is 14.3 Å². The highest BCUT2D eigenvalue weighted by Gasteiger charge is 2.68. The van der Waals surface area contributed by atoms with Crippen LogP contribution in [0.4, 0.5) is 10.5 Å². The minimum absolute atomic E-state index is 0.00251. The number of carbonyl (C=O) groups is 3. The van der Waals surface area contributed by atoms with Gasteiger partial charge in [-0.1, -0.05) is 38.4 Å². The van der Waals surface area contributed by atoms with Crippen LogP contribution < -0.4 is 24.2 Å². The molecule has 5 atom stereocenters. The molecular weight excluding hydrogens is 820 g/mol. The Hall–Kier alpha value is -4.45. The maximum absolute atomic E-state index is 15.2. The number of urea groups is 1. The minimum atomic E-state index is -4.08. The lowest BCUT2D eigenvalue weighted by Gasteiger charge is -2.40. The average Bonchev–Trinajstić information content (AvgIpc) is 4.07. The number of nitrogens with one attached hydrogen (secondary N) is 3. The van der Waals surface area contributed by atoms with E-state index < -0.39 is 83.7 Å². The van der Waals surface area contributed by atoms with Crippen molar-refractivity contribution in [2.45, 2.75) is 114 Å². The molecule has 2 saturated carbocycles. The zero-order valence-electron chi connectivity index (χ0n) is 34.5. The molecule has 1 aliphatic heterocycles. The Balaban J connectivity index is 1.35. The fourth-order valence-corrected chi connectivity index (χ4v) is 10.4. The fraction of sp³-hybridized carbons (Fsp3) is 0.512. The van der Waals surface area contributed by atoms with Crippen molar-refractivity contribution >= 4 is 66.0 Å². The standard InChI is InChI=1S/C41H53ClN6O9S2/c1-10-25-21-41(25,37(50)45-58(52,53)29-16-17-29)48(36(49)34(39(3,4)5)44-27-12-14-30(15-13-27)59(54,55)46-40(6,7)8)38(51)47-23-28(19-24(47)2)57-35-32-20-26(42)11-18-31(32)33(56-9)22-43-35/h10-15,18,20,22,24-25,28-29,34,44,46H,1,16-17,19,21,23H2,2-9H3,(H,45,50)/t24?,25-,28-,34-,41-/m1/s1. The second kappa shape index (κ2) is 15.9. The summed E-state index contributed by atoms with van der Waals surface area (Å²) in [5, 5.41) is 4.22. The second-order valence-electron chi connectivity index (χ2n) is 17.7. The third-order valence-corrected chi connectivity index (χ3v) is 14.6. The van der Waals surface area contributed by atoms with E-state index in [4.69, 9.17) is 21.1 Å². The number of anilines is 1. The topological polar surface area (TPSA) is 193 Å². The quantitative estimate of drug-likeness (QED) is 0.175. The van der Waals surface area contributed by atoms with E-state index in [9.17, 15) is 21.6 Å². The van der Waals surface area contributed by atoms with Gasteiger partial charge in [0.2, 0.25) is 25.9 Å². The number of amides is 4. The Morgan fingerprint density at radius 2 is 1.69 bits per heavy atom. The molecule has 4 amide bonds. The molecule has 0 radical (unpaired) electrons. The predicted molar refractivity (Wildman–Crippen MR) is 225 cm³/mol. The van der Waals surface area contributed by atoms with Crippen LogP contribution in [0.25, 0.3) is 10.8 Å². The highest BCUT2D eigenvalue weighted by molar-refractivity contribution is 7.91. The van der Waals surface area contributed by atoms with Crippen molar-refractivity contribution in [3.05, 3.63) is 66.3 Å². The van der Waals surface area contributed by atoms with Gasteiger partial charge in [0, 0.05) is 45.4 Å². The van der Waals surface area contributed by atoms with Crippen molar-refractivity contribution in [3.8, 4) is 11.6 Å².